The van der Waals surface area contributed by atoms with E-state index in [1.807, 2.05) is 0 Å². The zero-order valence-electron chi connectivity index (χ0n) is 23.5. The van der Waals surface area contributed by atoms with Crippen molar-refractivity contribution < 1.29 is 28.6 Å². The number of nitrogens with one attached hydrogen (secondary N) is 3. The monoisotopic (exact) mass is 869 g/mol. The summed E-state index contributed by atoms with van der Waals surface area (Å²) < 4.78 is 15.8. The molecule has 222 valence electrons. The van der Waals surface area contributed by atoms with E-state index in [-0.39, 0.29) is 23.1 Å². The summed E-state index contributed by atoms with van der Waals surface area (Å²) in [7, 11) is 7.21. The molecular formula is C21H40B4Br5N3O6. The fraction of sp³-hybridized carbons (Fsp3) is 0.857. The lowest BCUT2D eigenvalue weighted by molar-refractivity contribution is -0.120. The van der Waals surface area contributed by atoms with Crippen molar-refractivity contribution in [2.24, 2.45) is 5.41 Å². The van der Waals surface area contributed by atoms with E-state index < -0.39 is 10.4 Å². The molecule has 0 unspecified atom stereocenters. The SMILES string of the molecule is BC(B)(Br)C(=O)NCCCOCC(CC)(COCCCNC(=O)C(B)(B)Br)COCCCNC(=O)C(Br)(Br)Br. The van der Waals surface area contributed by atoms with Gasteiger partial charge in [-0.1, -0.05) is 38.8 Å². The van der Waals surface area contributed by atoms with E-state index >= 15 is 0 Å². The molecule has 0 radical (unpaired) electrons. The molecule has 0 aliphatic rings. The van der Waals surface area contributed by atoms with Crippen LogP contribution in [0.1, 0.15) is 32.6 Å². The molecular weight excluding hydrogens is 833 g/mol. The normalized spacial score (nSPS) is 12.7. The smallest absolute Gasteiger partial charge is 0.258 e. The van der Waals surface area contributed by atoms with Crippen LogP contribution in [0, 0.1) is 5.41 Å². The second kappa shape index (κ2) is 20.0. The van der Waals surface area contributed by atoms with Gasteiger partial charge in [-0.25, -0.2) is 0 Å². The molecule has 0 spiro atoms. The highest BCUT2D eigenvalue weighted by atomic mass is 80.0. The Balaban J connectivity index is 4.67. The van der Waals surface area contributed by atoms with Crippen molar-refractivity contribution >= 4 is 129 Å². The molecule has 0 aromatic carbocycles. The minimum absolute atomic E-state index is 0.0617. The number of rotatable bonds is 21. The Morgan fingerprint density at radius 1 is 0.615 bits per heavy atom. The number of carbonyl (C=O) groups excluding carboxylic acids is 3. The van der Waals surface area contributed by atoms with Gasteiger partial charge in [0.15, 0.2) is 0 Å². The van der Waals surface area contributed by atoms with E-state index in [1.54, 1.807) is 31.4 Å². The molecule has 0 aliphatic heterocycles. The maximum atomic E-state index is 12.0. The van der Waals surface area contributed by atoms with Crippen LogP contribution in [-0.2, 0) is 28.6 Å². The third-order valence-corrected chi connectivity index (χ3v) is 7.37. The molecule has 39 heavy (non-hydrogen) atoms. The summed E-state index contributed by atoms with van der Waals surface area (Å²) in [5.41, 5.74) is -0.345. The second-order valence-electron chi connectivity index (χ2n) is 10.3. The lowest BCUT2D eigenvalue weighted by Gasteiger charge is -2.32. The molecule has 0 saturated carbocycles. The zero-order chi connectivity index (χ0) is 30.2. The molecule has 0 aromatic heterocycles. The number of halogens is 5. The average Bonchev–Trinajstić information content (AvgIpc) is 2.82. The minimum Gasteiger partial charge on any atom is -0.381 e. The highest BCUT2D eigenvalue weighted by Gasteiger charge is 2.31. The highest BCUT2D eigenvalue weighted by molar-refractivity contribution is 9.40. The number of hydrogen-bond donors (Lipinski definition) is 3. The van der Waals surface area contributed by atoms with E-state index in [0.29, 0.717) is 78.5 Å². The predicted octanol–water partition coefficient (Wildman–Crippen LogP) is -0.580. The third-order valence-electron chi connectivity index (χ3n) is 5.57. The zero-order valence-corrected chi connectivity index (χ0v) is 31.5. The van der Waals surface area contributed by atoms with Gasteiger partial charge in [-0.3, -0.25) is 14.4 Å². The molecule has 0 rings (SSSR count). The van der Waals surface area contributed by atoms with Crippen molar-refractivity contribution in [3.63, 3.8) is 0 Å². The van der Waals surface area contributed by atoms with Gasteiger partial charge in [0.1, 0.15) is 31.4 Å². The first-order valence-corrected chi connectivity index (χ1v) is 16.9. The van der Waals surface area contributed by atoms with Gasteiger partial charge in [-0.05, 0) is 73.5 Å². The summed E-state index contributed by atoms with van der Waals surface area (Å²) in [4.78, 5) is 35.8. The van der Waals surface area contributed by atoms with Crippen molar-refractivity contribution in [3.8, 4) is 0 Å². The number of amides is 3. The molecule has 18 heteroatoms. The molecule has 0 aromatic rings. The second-order valence-corrected chi connectivity index (χ2v) is 21.0. The molecule has 0 bridgehead atoms. The van der Waals surface area contributed by atoms with Gasteiger partial charge in [0.2, 0.25) is 14.0 Å². The number of ether oxygens (including phenoxy) is 3. The number of hydrogen-bond acceptors (Lipinski definition) is 6. The van der Waals surface area contributed by atoms with Gasteiger partial charge < -0.3 is 30.2 Å². The standard InChI is InChI=1S/C21H40B4Br5N3O6/c1-2-18(12-37-9-3-6-31-15(34)19(22,23)26,13-38-10-4-7-32-16(35)20(24,25)27)14-39-11-5-8-33-17(36)21(28,29)30/h2-14,22-25H2,1H3,(H,31,34)(H,32,35)(H,33,36). The number of carbonyl (C=O) groups is 3. The fourth-order valence-electron chi connectivity index (χ4n) is 2.95. The molecule has 0 heterocycles. The van der Waals surface area contributed by atoms with Crippen LogP contribution in [0.2, 0.25) is 0 Å². The summed E-state index contributed by atoms with van der Waals surface area (Å²) in [5, 5.41) is 8.58. The molecule has 0 fully saturated rings. The van der Waals surface area contributed by atoms with Gasteiger partial charge >= 0.3 is 0 Å². The fourth-order valence-corrected chi connectivity index (χ4v) is 3.65. The molecule has 3 N–H and O–H groups in total. The van der Waals surface area contributed by atoms with Gasteiger partial charge in [0, 0.05) is 53.1 Å². The van der Waals surface area contributed by atoms with Gasteiger partial charge in [0.25, 0.3) is 5.91 Å². The maximum absolute atomic E-state index is 12.0. The Morgan fingerprint density at radius 2 is 0.923 bits per heavy atom. The Bertz CT molecular complexity index is 662. The Labute approximate surface area is 278 Å². The lowest BCUT2D eigenvalue weighted by Crippen LogP contribution is -2.43. The molecule has 0 saturated heterocycles. The van der Waals surface area contributed by atoms with Crippen molar-refractivity contribution in [1.82, 2.24) is 16.0 Å². The minimum atomic E-state index is -0.972. The van der Waals surface area contributed by atoms with E-state index in [9.17, 15) is 14.4 Å². The first kappa shape index (κ1) is 39.9. The van der Waals surface area contributed by atoms with E-state index in [2.05, 4.69) is 103 Å². The summed E-state index contributed by atoms with van der Waals surface area (Å²) in [6, 6.07) is 0. The van der Waals surface area contributed by atoms with Crippen LogP contribution in [0.25, 0.3) is 0 Å². The van der Waals surface area contributed by atoms with E-state index in [1.165, 1.54) is 0 Å². The molecule has 9 nitrogen and oxygen atoms in total. The van der Waals surface area contributed by atoms with E-state index in [0.717, 1.165) is 6.42 Å². The topological polar surface area (TPSA) is 115 Å². The highest BCUT2D eigenvalue weighted by Crippen LogP contribution is 2.33. The van der Waals surface area contributed by atoms with Crippen LogP contribution in [0.15, 0.2) is 0 Å². The van der Waals surface area contributed by atoms with Crippen LogP contribution in [0.4, 0.5) is 0 Å². The summed E-state index contributed by atoms with van der Waals surface area (Å²) in [5.74, 6) is -0.347. The quantitative estimate of drug-likeness (QED) is 0.0810. The van der Waals surface area contributed by atoms with Crippen LogP contribution >= 0.6 is 79.6 Å². The van der Waals surface area contributed by atoms with Crippen LogP contribution in [-0.4, -0.2) is 119 Å². The molecule has 0 aliphatic carbocycles. The van der Waals surface area contributed by atoms with E-state index in [4.69, 9.17) is 14.2 Å². The van der Waals surface area contributed by atoms with Gasteiger partial charge in [-0.2, -0.15) is 0 Å². The Hall–Kier alpha value is 0.950. The maximum Gasteiger partial charge on any atom is 0.258 e. The summed E-state index contributed by atoms with van der Waals surface area (Å²) in [6.45, 7) is 6.43. The van der Waals surface area contributed by atoms with Crippen molar-refractivity contribution in [3.05, 3.63) is 0 Å². The van der Waals surface area contributed by atoms with Crippen molar-refractivity contribution in [2.75, 3.05) is 59.3 Å². The Kier molecular flexibility index (Phi) is 20.5. The van der Waals surface area contributed by atoms with Crippen molar-refractivity contribution in [2.45, 2.75) is 43.0 Å². The van der Waals surface area contributed by atoms with Gasteiger partial charge in [-0.15, -0.1) is 0 Å². The largest absolute Gasteiger partial charge is 0.381 e. The van der Waals surface area contributed by atoms with Crippen LogP contribution < -0.4 is 16.0 Å². The first-order valence-electron chi connectivity index (χ1n) is 13.0. The Morgan fingerprint density at radius 3 is 1.18 bits per heavy atom. The molecule has 0 atom stereocenters. The summed E-state index contributed by atoms with van der Waals surface area (Å²) >= 11 is 16.3. The predicted molar refractivity (Wildman–Crippen MR) is 185 cm³/mol. The average molecular weight is 873 g/mol. The van der Waals surface area contributed by atoms with Gasteiger partial charge in [0.05, 0.1) is 19.8 Å². The first-order chi connectivity index (χ1) is 17.9. The number of alkyl halides is 5. The van der Waals surface area contributed by atoms with Crippen molar-refractivity contribution in [1.29, 1.82) is 0 Å². The lowest BCUT2D eigenvalue weighted by atomic mass is 9.70. The van der Waals surface area contributed by atoms with Crippen LogP contribution in [0.3, 0.4) is 0 Å². The third kappa shape index (κ3) is 19.7. The molecule has 3 amide bonds. The van der Waals surface area contributed by atoms with Crippen LogP contribution in [0.5, 0.6) is 0 Å². The summed E-state index contributed by atoms with van der Waals surface area (Å²) in [6.07, 6.45) is 2.82.